The Hall–Kier alpha value is -3.79. The second-order valence-corrected chi connectivity index (χ2v) is 11.4. The first kappa shape index (κ1) is 24.3. The van der Waals surface area contributed by atoms with E-state index in [1.165, 1.54) is 6.07 Å². The van der Waals surface area contributed by atoms with Crippen molar-refractivity contribution >= 4 is 32.6 Å². The maximum absolute atomic E-state index is 12.5. The molecule has 35 heavy (non-hydrogen) atoms. The molecule has 0 unspecified atom stereocenters. The first-order valence-electron chi connectivity index (χ1n) is 10.9. The Balaban J connectivity index is 1.50. The summed E-state index contributed by atoms with van der Waals surface area (Å²) in [6.07, 6.45) is 2.89. The number of pyridine rings is 1. The van der Waals surface area contributed by atoms with E-state index in [0.717, 1.165) is 17.4 Å². The topological polar surface area (TPSA) is 124 Å². The van der Waals surface area contributed by atoms with Crippen LogP contribution in [0.1, 0.15) is 37.8 Å². The van der Waals surface area contributed by atoms with E-state index in [1.54, 1.807) is 36.5 Å². The third-order valence-corrected chi connectivity index (χ3v) is 6.35. The Morgan fingerprint density at radius 3 is 2.51 bits per heavy atom. The minimum atomic E-state index is -3.37. The molecular formula is C25H26N4O5S. The Bertz CT molecular complexity index is 1520. The number of aromatic nitrogens is 3. The highest BCUT2D eigenvalue weighted by molar-refractivity contribution is 7.90. The van der Waals surface area contributed by atoms with Gasteiger partial charge in [0.05, 0.1) is 16.8 Å². The van der Waals surface area contributed by atoms with Crippen LogP contribution in [0.3, 0.4) is 0 Å². The number of sulfone groups is 1. The van der Waals surface area contributed by atoms with Gasteiger partial charge in [-0.1, -0.05) is 32.9 Å². The fraction of sp³-hybridized carbons (Fsp3) is 0.280. The van der Waals surface area contributed by atoms with Crippen molar-refractivity contribution in [2.75, 3.05) is 11.6 Å². The monoisotopic (exact) mass is 494 g/mol. The van der Waals surface area contributed by atoms with Crippen molar-refractivity contribution in [3.05, 3.63) is 65.7 Å². The molecule has 0 aliphatic rings. The lowest BCUT2D eigenvalue weighted by atomic mass is 9.97. The van der Waals surface area contributed by atoms with Gasteiger partial charge in [0.1, 0.15) is 11.5 Å². The van der Waals surface area contributed by atoms with E-state index in [0.29, 0.717) is 28.3 Å². The van der Waals surface area contributed by atoms with E-state index < -0.39 is 9.84 Å². The SMILES string of the molecule is Cc1cc(CC(=O)Nc2noc(C(C)(C)C)n2)ccc1Oc1ccnc2ccc(S(C)(=O)=O)cc12. The number of nitrogens with one attached hydrogen (secondary N) is 1. The van der Waals surface area contributed by atoms with Crippen LogP contribution in [0, 0.1) is 6.92 Å². The zero-order chi connectivity index (χ0) is 25.4. The molecule has 182 valence electrons. The minimum Gasteiger partial charge on any atom is -0.456 e. The lowest BCUT2D eigenvalue weighted by Crippen LogP contribution is -2.16. The average molecular weight is 495 g/mol. The number of rotatable bonds is 6. The summed E-state index contributed by atoms with van der Waals surface area (Å²) in [5.41, 5.74) is 1.91. The molecule has 10 heteroatoms. The van der Waals surface area contributed by atoms with E-state index in [-0.39, 0.29) is 28.6 Å². The van der Waals surface area contributed by atoms with Crippen LogP contribution in [0.4, 0.5) is 5.95 Å². The number of benzene rings is 2. The van der Waals surface area contributed by atoms with Crippen LogP contribution in [-0.4, -0.2) is 35.7 Å². The number of aryl methyl sites for hydroxylation is 1. The van der Waals surface area contributed by atoms with Crippen molar-refractivity contribution < 1.29 is 22.5 Å². The summed E-state index contributed by atoms with van der Waals surface area (Å²) in [5.74, 6) is 1.38. The molecule has 2 aromatic carbocycles. The molecule has 4 aromatic rings. The van der Waals surface area contributed by atoms with E-state index in [9.17, 15) is 13.2 Å². The van der Waals surface area contributed by atoms with Gasteiger partial charge in [0, 0.05) is 23.3 Å². The molecule has 0 atom stereocenters. The Kier molecular flexibility index (Phi) is 6.33. The van der Waals surface area contributed by atoms with Gasteiger partial charge >= 0.3 is 0 Å². The van der Waals surface area contributed by atoms with Gasteiger partial charge in [-0.3, -0.25) is 15.1 Å². The second kappa shape index (κ2) is 9.10. The normalized spacial score (nSPS) is 12.0. The lowest BCUT2D eigenvalue weighted by molar-refractivity contribution is -0.115. The summed E-state index contributed by atoms with van der Waals surface area (Å²) < 4.78 is 35.3. The largest absolute Gasteiger partial charge is 0.456 e. The molecule has 0 saturated carbocycles. The molecule has 4 rings (SSSR count). The van der Waals surface area contributed by atoms with Crippen LogP contribution in [0.5, 0.6) is 11.5 Å². The molecule has 2 heterocycles. The number of ether oxygens (including phenoxy) is 1. The van der Waals surface area contributed by atoms with E-state index in [4.69, 9.17) is 9.26 Å². The molecular weight excluding hydrogens is 468 g/mol. The minimum absolute atomic E-state index is 0.121. The van der Waals surface area contributed by atoms with Crippen LogP contribution in [-0.2, 0) is 26.5 Å². The Labute approximate surface area is 203 Å². The average Bonchev–Trinajstić information content (AvgIpc) is 3.24. The number of anilines is 1. The van der Waals surface area contributed by atoms with Crippen molar-refractivity contribution in [1.82, 2.24) is 15.1 Å². The van der Waals surface area contributed by atoms with Gasteiger partial charge in [-0.2, -0.15) is 4.98 Å². The molecule has 0 radical (unpaired) electrons. The number of amides is 1. The van der Waals surface area contributed by atoms with Gasteiger partial charge in [0.2, 0.25) is 11.8 Å². The van der Waals surface area contributed by atoms with Crippen molar-refractivity contribution in [1.29, 1.82) is 0 Å². The maximum Gasteiger partial charge on any atom is 0.270 e. The molecule has 0 aliphatic carbocycles. The van der Waals surface area contributed by atoms with Gasteiger partial charge in [0.15, 0.2) is 9.84 Å². The van der Waals surface area contributed by atoms with Crippen molar-refractivity contribution in [2.45, 2.75) is 44.4 Å². The third kappa shape index (κ3) is 5.65. The number of hydrogen-bond acceptors (Lipinski definition) is 8. The number of hydrogen-bond donors (Lipinski definition) is 1. The number of nitrogens with zero attached hydrogens (tertiary/aromatic N) is 3. The summed E-state index contributed by atoms with van der Waals surface area (Å²) in [5, 5.41) is 7.05. The van der Waals surface area contributed by atoms with Crippen LogP contribution >= 0.6 is 0 Å². The molecule has 0 fully saturated rings. The summed E-state index contributed by atoms with van der Waals surface area (Å²) in [6, 6.07) is 11.9. The summed E-state index contributed by atoms with van der Waals surface area (Å²) in [7, 11) is -3.37. The highest BCUT2D eigenvalue weighted by atomic mass is 32.2. The molecule has 0 spiro atoms. The fourth-order valence-electron chi connectivity index (χ4n) is 3.41. The van der Waals surface area contributed by atoms with Gasteiger partial charge in [-0.25, -0.2) is 8.42 Å². The predicted octanol–water partition coefficient (Wildman–Crippen LogP) is 4.60. The molecule has 9 nitrogen and oxygen atoms in total. The molecule has 0 bridgehead atoms. The Morgan fingerprint density at radius 1 is 1.09 bits per heavy atom. The molecule has 1 amide bonds. The first-order valence-corrected chi connectivity index (χ1v) is 12.8. The van der Waals surface area contributed by atoms with Crippen molar-refractivity contribution in [3.8, 4) is 11.5 Å². The molecule has 2 aromatic heterocycles. The maximum atomic E-state index is 12.5. The molecule has 0 saturated heterocycles. The van der Waals surface area contributed by atoms with E-state index in [1.807, 2.05) is 33.8 Å². The van der Waals surface area contributed by atoms with Crippen LogP contribution in [0.15, 0.2) is 58.1 Å². The second-order valence-electron chi connectivity index (χ2n) is 9.36. The van der Waals surface area contributed by atoms with Crippen LogP contribution < -0.4 is 10.1 Å². The van der Waals surface area contributed by atoms with Gasteiger partial charge < -0.3 is 9.26 Å². The number of carbonyl (C=O) groups excluding carboxylic acids is 1. The van der Waals surface area contributed by atoms with E-state index in [2.05, 4.69) is 20.4 Å². The smallest absolute Gasteiger partial charge is 0.270 e. The zero-order valence-corrected chi connectivity index (χ0v) is 20.9. The summed E-state index contributed by atoms with van der Waals surface area (Å²) in [4.78, 5) is 21.2. The van der Waals surface area contributed by atoms with Crippen molar-refractivity contribution in [3.63, 3.8) is 0 Å². The number of fused-ring (bicyclic) bond motifs is 1. The standard InChI is InChI=1S/C25H26N4O5S/c1-15-12-16(13-22(30)27-24-28-23(34-29-24)25(2,3)4)6-9-20(15)33-21-10-11-26-19-8-7-17(14-18(19)21)35(5,31)32/h6-12,14H,13H2,1-5H3,(H,27,29,30). The molecule has 0 aliphatic heterocycles. The van der Waals surface area contributed by atoms with Crippen molar-refractivity contribution in [2.24, 2.45) is 0 Å². The third-order valence-electron chi connectivity index (χ3n) is 5.24. The van der Waals surface area contributed by atoms with Gasteiger partial charge in [0.25, 0.3) is 5.95 Å². The van der Waals surface area contributed by atoms with Crippen LogP contribution in [0.2, 0.25) is 0 Å². The highest BCUT2D eigenvalue weighted by Gasteiger charge is 2.22. The fourth-order valence-corrected chi connectivity index (χ4v) is 4.05. The quantitative estimate of drug-likeness (QED) is 0.412. The lowest BCUT2D eigenvalue weighted by Gasteiger charge is -2.13. The zero-order valence-electron chi connectivity index (χ0n) is 20.1. The van der Waals surface area contributed by atoms with E-state index >= 15 is 0 Å². The highest BCUT2D eigenvalue weighted by Crippen LogP contribution is 2.32. The van der Waals surface area contributed by atoms with Gasteiger partial charge in [-0.05, 0) is 53.5 Å². The van der Waals surface area contributed by atoms with Gasteiger partial charge in [-0.15, -0.1) is 0 Å². The first-order chi connectivity index (χ1) is 16.4. The van der Waals surface area contributed by atoms with Crippen LogP contribution in [0.25, 0.3) is 10.9 Å². The number of carbonyl (C=O) groups is 1. The predicted molar refractivity (Wildman–Crippen MR) is 131 cm³/mol. The Morgan fingerprint density at radius 2 is 1.86 bits per heavy atom. The molecule has 1 N–H and O–H groups in total. The summed E-state index contributed by atoms with van der Waals surface area (Å²) >= 11 is 0. The summed E-state index contributed by atoms with van der Waals surface area (Å²) in [6.45, 7) is 7.70.